The molecule has 1 aromatic rings. The molecule has 2 rings (SSSR count). The topological polar surface area (TPSA) is 52.6 Å². The average Bonchev–Trinajstić information content (AvgIpc) is 2.78. The lowest BCUT2D eigenvalue weighted by atomic mass is 10.1. The van der Waals surface area contributed by atoms with E-state index in [9.17, 15) is 4.79 Å². The van der Waals surface area contributed by atoms with E-state index in [1.165, 1.54) is 16.8 Å². The van der Waals surface area contributed by atoms with Crippen molar-refractivity contribution in [1.29, 1.82) is 0 Å². The molecule has 0 amide bonds. The number of carbonyl (C=O) groups is 1. The van der Waals surface area contributed by atoms with Crippen molar-refractivity contribution < 1.29 is 9.90 Å². The molecule has 98 valence electrons. The van der Waals surface area contributed by atoms with Gasteiger partial charge in [-0.3, -0.25) is 4.79 Å². The molecule has 2 N–H and O–H groups in total. The second-order valence-corrected chi connectivity index (χ2v) is 5.00. The molecule has 1 saturated heterocycles. The summed E-state index contributed by atoms with van der Waals surface area (Å²) in [6, 6.07) is 6.74. The van der Waals surface area contributed by atoms with Crippen molar-refractivity contribution in [3.63, 3.8) is 0 Å². The van der Waals surface area contributed by atoms with Crippen LogP contribution in [0.15, 0.2) is 18.2 Å². The number of rotatable bonds is 4. The van der Waals surface area contributed by atoms with Crippen LogP contribution < -0.4 is 10.2 Å². The van der Waals surface area contributed by atoms with Gasteiger partial charge in [-0.1, -0.05) is 12.1 Å². The molecule has 0 aliphatic carbocycles. The van der Waals surface area contributed by atoms with Gasteiger partial charge < -0.3 is 15.3 Å². The lowest BCUT2D eigenvalue weighted by Crippen LogP contribution is -2.36. The Bertz CT molecular complexity index is 445. The van der Waals surface area contributed by atoms with Crippen molar-refractivity contribution in [2.45, 2.75) is 26.3 Å². The number of aliphatic carboxylic acids is 1. The zero-order valence-electron chi connectivity index (χ0n) is 10.9. The predicted molar refractivity (Wildman–Crippen MR) is 72.2 cm³/mol. The maximum atomic E-state index is 10.5. The van der Waals surface area contributed by atoms with Crippen LogP contribution >= 0.6 is 0 Å². The van der Waals surface area contributed by atoms with Gasteiger partial charge >= 0.3 is 5.97 Å². The second kappa shape index (κ2) is 5.40. The summed E-state index contributed by atoms with van der Waals surface area (Å²) in [6.07, 6.45) is 1.00. The third kappa shape index (κ3) is 3.01. The molecular weight excluding hydrogens is 228 g/mol. The Kier molecular flexibility index (Phi) is 3.87. The van der Waals surface area contributed by atoms with E-state index >= 15 is 0 Å². The normalized spacial score (nSPS) is 19.2. The Morgan fingerprint density at radius 2 is 2.28 bits per heavy atom. The highest BCUT2D eigenvalue weighted by molar-refractivity contribution is 5.69. The molecule has 1 aliphatic heterocycles. The largest absolute Gasteiger partial charge is 0.480 e. The van der Waals surface area contributed by atoms with Gasteiger partial charge in [0.1, 0.15) is 0 Å². The summed E-state index contributed by atoms with van der Waals surface area (Å²) < 4.78 is 0. The smallest absolute Gasteiger partial charge is 0.317 e. The molecule has 1 aromatic carbocycles. The minimum atomic E-state index is -0.791. The van der Waals surface area contributed by atoms with E-state index in [1.807, 2.05) is 0 Å². The Morgan fingerprint density at radius 3 is 3.00 bits per heavy atom. The standard InChI is InChI=1S/C14H20N2O2/c1-10-3-4-11(2)13(7-10)16-6-5-12(9-16)15-8-14(17)18/h3-4,7,12,15H,5-6,8-9H2,1-2H3,(H,17,18). The van der Waals surface area contributed by atoms with Gasteiger partial charge in [-0.25, -0.2) is 0 Å². The summed E-state index contributed by atoms with van der Waals surface area (Å²) >= 11 is 0. The number of nitrogens with zero attached hydrogens (tertiary/aromatic N) is 1. The Labute approximate surface area is 108 Å². The zero-order chi connectivity index (χ0) is 13.1. The highest BCUT2D eigenvalue weighted by Crippen LogP contribution is 2.25. The molecule has 1 unspecified atom stereocenters. The molecule has 1 atom stereocenters. The number of nitrogens with one attached hydrogen (secondary N) is 1. The van der Waals surface area contributed by atoms with E-state index in [2.05, 4.69) is 42.3 Å². The van der Waals surface area contributed by atoms with Crippen molar-refractivity contribution in [3.8, 4) is 0 Å². The minimum Gasteiger partial charge on any atom is -0.480 e. The fourth-order valence-corrected chi connectivity index (χ4v) is 2.44. The Morgan fingerprint density at radius 1 is 1.50 bits per heavy atom. The van der Waals surface area contributed by atoms with Crippen molar-refractivity contribution in [2.24, 2.45) is 0 Å². The van der Waals surface area contributed by atoms with Gasteiger partial charge in [-0.2, -0.15) is 0 Å². The molecule has 0 spiro atoms. The van der Waals surface area contributed by atoms with Crippen molar-refractivity contribution in [3.05, 3.63) is 29.3 Å². The molecule has 0 saturated carbocycles. The molecule has 1 aliphatic rings. The first-order valence-corrected chi connectivity index (χ1v) is 6.33. The van der Waals surface area contributed by atoms with Gasteiger partial charge in [0.2, 0.25) is 0 Å². The summed E-state index contributed by atoms with van der Waals surface area (Å²) in [5.74, 6) is -0.791. The van der Waals surface area contributed by atoms with Crippen LogP contribution in [-0.2, 0) is 4.79 Å². The van der Waals surface area contributed by atoms with Crippen molar-refractivity contribution >= 4 is 11.7 Å². The molecule has 0 bridgehead atoms. The number of anilines is 1. The van der Waals surface area contributed by atoms with Crippen LogP contribution in [0.25, 0.3) is 0 Å². The summed E-state index contributed by atoms with van der Waals surface area (Å²) in [5.41, 5.74) is 3.81. The van der Waals surface area contributed by atoms with Crippen LogP contribution in [0, 0.1) is 13.8 Å². The van der Waals surface area contributed by atoms with E-state index in [0.717, 1.165) is 19.5 Å². The molecule has 0 radical (unpaired) electrons. The first kappa shape index (κ1) is 12.9. The van der Waals surface area contributed by atoms with Crippen LogP contribution in [0.2, 0.25) is 0 Å². The second-order valence-electron chi connectivity index (χ2n) is 5.00. The van der Waals surface area contributed by atoms with Gasteiger partial charge in [0, 0.05) is 24.8 Å². The van der Waals surface area contributed by atoms with Crippen LogP contribution in [-0.4, -0.2) is 36.8 Å². The summed E-state index contributed by atoms with van der Waals surface area (Å²) in [4.78, 5) is 12.9. The maximum Gasteiger partial charge on any atom is 0.317 e. The van der Waals surface area contributed by atoms with Crippen molar-refractivity contribution in [2.75, 3.05) is 24.5 Å². The first-order valence-electron chi connectivity index (χ1n) is 6.33. The Hall–Kier alpha value is -1.55. The minimum absolute atomic E-state index is 0.0469. The number of carboxylic acids is 1. The molecule has 1 fully saturated rings. The predicted octanol–water partition coefficient (Wildman–Crippen LogP) is 1.56. The number of hydrogen-bond donors (Lipinski definition) is 2. The molecule has 4 nitrogen and oxygen atoms in total. The van der Waals surface area contributed by atoms with Gasteiger partial charge in [-0.15, -0.1) is 0 Å². The van der Waals surface area contributed by atoms with Crippen LogP contribution in [0.1, 0.15) is 17.5 Å². The third-order valence-corrected chi connectivity index (χ3v) is 3.44. The van der Waals surface area contributed by atoms with Gasteiger partial charge in [0.05, 0.1) is 6.54 Å². The van der Waals surface area contributed by atoms with Gasteiger partial charge in [0.25, 0.3) is 0 Å². The van der Waals surface area contributed by atoms with E-state index in [4.69, 9.17) is 5.11 Å². The van der Waals surface area contributed by atoms with E-state index < -0.39 is 5.97 Å². The molecule has 18 heavy (non-hydrogen) atoms. The Balaban J connectivity index is 1.99. The van der Waals surface area contributed by atoms with E-state index in [-0.39, 0.29) is 12.6 Å². The summed E-state index contributed by atoms with van der Waals surface area (Å²) in [6.45, 7) is 6.14. The molecule has 1 heterocycles. The first-order chi connectivity index (χ1) is 8.56. The summed E-state index contributed by atoms with van der Waals surface area (Å²) in [5, 5.41) is 11.7. The monoisotopic (exact) mass is 248 g/mol. The van der Waals surface area contributed by atoms with Crippen molar-refractivity contribution in [1.82, 2.24) is 5.32 Å². The number of hydrogen-bond acceptors (Lipinski definition) is 3. The van der Waals surface area contributed by atoms with Gasteiger partial charge in [0.15, 0.2) is 0 Å². The molecule has 4 heteroatoms. The highest BCUT2D eigenvalue weighted by Gasteiger charge is 2.23. The van der Waals surface area contributed by atoms with Crippen LogP contribution in [0.5, 0.6) is 0 Å². The SMILES string of the molecule is Cc1ccc(C)c(N2CCC(NCC(=O)O)C2)c1. The fourth-order valence-electron chi connectivity index (χ4n) is 2.44. The molecule has 0 aromatic heterocycles. The van der Waals surface area contributed by atoms with Gasteiger partial charge in [-0.05, 0) is 37.5 Å². The quantitative estimate of drug-likeness (QED) is 0.849. The average molecular weight is 248 g/mol. The number of aryl methyl sites for hydroxylation is 2. The fraction of sp³-hybridized carbons (Fsp3) is 0.500. The third-order valence-electron chi connectivity index (χ3n) is 3.44. The zero-order valence-corrected chi connectivity index (χ0v) is 10.9. The lowest BCUT2D eigenvalue weighted by molar-refractivity contribution is -0.136. The number of carboxylic acid groups (broad SMARTS) is 1. The summed E-state index contributed by atoms with van der Waals surface area (Å²) in [7, 11) is 0. The van der Waals surface area contributed by atoms with E-state index in [0.29, 0.717) is 0 Å². The highest BCUT2D eigenvalue weighted by atomic mass is 16.4. The van der Waals surface area contributed by atoms with Crippen LogP contribution in [0.3, 0.4) is 0 Å². The molecular formula is C14H20N2O2. The maximum absolute atomic E-state index is 10.5. The van der Waals surface area contributed by atoms with Crippen LogP contribution in [0.4, 0.5) is 5.69 Å². The van der Waals surface area contributed by atoms with E-state index in [1.54, 1.807) is 0 Å². The number of benzene rings is 1. The lowest BCUT2D eigenvalue weighted by Gasteiger charge is -2.21.